The molecule has 0 saturated carbocycles. The molecule has 132 valence electrons. The summed E-state index contributed by atoms with van der Waals surface area (Å²) in [6.07, 6.45) is 2.58. The van der Waals surface area contributed by atoms with Crippen LogP contribution in [-0.2, 0) is 4.74 Å². The van der Waals surface area contributed by atoms with Gasteiger partial charge in [-0.15, -0.1) is 0 Å². The Morgan fingerprint density at radius 1 is 1.42 bits per heavy atom. The van der Waals surface area contributed by atoms with Crippen molar-refractivity contribution in [3.63, 3.8) is 0 Å². The number of hydrogen-bond acceptors (Lipinski definition) is 4. The lowest BCUT2D eigenvalue weighted by Crippen LogP contribution is -2.50. The number of carbonyl (C=O) groups is 2. The fourth-order valence-electron chi connectivity index (χ4n) is 3.14. The van der Waals surface area contributed by atoms with E-state index in [1.54, 1.807) is 0 Å². The fourth-order valence-corrected chi connectivity index (χ4v) is 3.77. The quantitative estimate of drug-likeness (QED) is 0.872. The SMILES string of the molecule is CC1(CNC(=O)N2CCC(NC(=O)c3ccsc3)CC2)CCOC1. The minimum absolute atomic E-state index is 0.00858. The normalized spacial score (nSPS) is 24.8. The summed E-state index contributed by atoms with van der Waals surface area (Å²) < 4.78 is 5.42. The van der Waals surface area contributed by atoms with Gasteiger partial charge < -0.3 is 20.3 Å². The number of carbonyl (C=O) groups excluding carboxylic acids is 2. The van der Waals surface area contributed by atoms with Crippen molar-refractivity contribution in [2.24, 2.45) is 5.41 Å². The number of nitrogens with zero attached hydrogens (tertiary/aromatic N) is 1. The van der Waals surface area contributed by atoms with Gasteiger partial charge in [-0.2, -0.15) is 11.3 Å². The molecule has 1 unspecified atom stereocenters. The van der Waals surface area contributed by atoms with Gasteiger partial charge in [0.05, 0.1) is 6.61 Å². The molecule has 6 nitrogen and oxygen atoms in total. The Morgan fingerprint density at radius 3 is 2.83 bits per heavy atom. The lowest BCUT2D eigenvalue weighted by molar-refractivity contribution is 0.0917. The van der Waals surface area contributed by atoms with E-state index in [1.807, 2.05) is 21.7 Å². The molecule has 1 atom stereocenters. The lowest BCUT2D eigenvalue weighted by atomic mass is 9.90. The maximum atomic E-state index is 12.3. The van der Waals surface area contributed by atoms with Crippen LogP contribution in [0.5, 0.6) is 0 Å². The van der Waals surface area contributed by atoms with E-state index in [9.17, 15) is 9.59 Å². The number of piperidine rings is 1. The summed E-state index contributed by atoms with van der Waals surface area (Å²) in [5, 5.41) is 9.84. The molecule has 2 saturated heterocycles. The van der Waals surface area contributed by atoms with Gasteiger partial charge in [-0.25, -0.2) is 4.79 Å². The van der Waals surface area contributed by atoms with Crippen LogP contribution in [0.3, 0.4) is 0 Å². The van der Waals surface area contributed by atoms with Gasteiger partial charge in [-0.3, -0.25) is 4.79 Å². The highest BCUT2D eigenvalue weighted by Gasteiger charge is 2.31. The van der Waals surface area contributed by atoms with Gasteiger partial charge in [-0.05, 0) is 30.7 Å². The second-order valence-corrected chi connectivity index (χ2v) is 7.80. The summed E-state index contributed by atoms with van der Waals surface area (Å²) >= 11 is 1.52. The Morgan fingerprint density at radius 2 is 2.21 bits per heavy atom. The largest absolute Gasteiger partial charge is 0.381 e. The molecule has 3 amide bonds. The average molecular weight is 351 g/mol. The number of ether oxygens (including phenoxy) is 1. The molecular formula is C17H25N3O3S. The summed E-state index contributed by atoms with van der Waals surface area (Å²) in [4.78, 5) is 26.2. The summed E-state index contributed by atoms with van der Waals surface area (Å²) in [6.45, 7) is 5.64. The molecule has 2 fully saturated rings. The first kappa shape index (κ1) is 17.2. The highest BCUT2D eigenvalue weighted by atomic mass is 32.1. The third-order valence-electron chi connectivity index (χ3n) is 4.87. The van der Waals surface area contributed by atoms with E-state index in [2.05, 4.69) is 17.6 Å². The number of amides is 3. The van der Waals surface area contributed by atoms with Crippen LogP contribution in [0.4, 0.5) is 4.79 Å². The minimum atomic E-state index is -0.0201. The molecule has 0 aromatic carbocycles. The Labute approximate surface area is 146 Å². The Balaban J connectivity index is 1.39. The Kier molecular flexibility index (Phi) is 5.40. The van der Waals surface area contributed by atoms with E-state index in [1.165, 1.54) is 11.3 Å². The summed E-state index contributed by atoms with van der Waals surface area (Å²) in [5.41, 5.74) is 0.773. The summed E-state index contributed by atoms with van der Waals surface area (Å²) in [5.74, 6) is -0.0201. The monoisotopic (exact) mass is 351 g/mol. The molecule has 1 aromatic heterocycles. The number of rotatable bonds is 4. The fraction of sp³-hybridized carbons (Fsp3) is 0.647. The van der Waals surface area contributed by atoms with Gasteiger partial charge in [0.15, 0.2) is 0 Å². The number of hydrogen-bond donors (Lipinski definition) is 2. The van der Waals surface area contributed by atoms with Crippen molar-refractivity contribution in [1.29, 1.82) is 0 Å². The third-order valence-corrected chi connectivity index (χ3v) is 5.55. The first-order chi connectivity index (χ1) is 11.6. The van der Waals surface area contributed by atoms with Crippen molar-refractivity contribution in [2.75, 3.05) is 32.8 Å². The van der Waals surface area contributed by atoms with Crippen LogP contribution >= 0.6 is 11.3 Å². The Hall–Kier alpha value is -1.60. The van der Waals surface area contributed by atoms with E-state index < -0.39 is 0 Å². The van der Waals surface area contributed by atoms with E-state index in [-0.39, 0.29) is 23.4 Å². The third kappa shape index (κ3) is 4.27. The van der Waals surface area contributed by atoms with Crippen LogP contribution in [0.25, 0.3) is 0 Å². The smallest absolute Gasteiger partial charge is 0.317 e. The number of thiophene rings is 1. The van der Waals surface area contributed by atoms with Gasteiger partial charge in [-0.1, -0.05) is 6.92 Å². The van der Waals surface area contributed by atoms with Crippen molar-refractivity contribution in [1.82, 2.24) is 15.5 Å². The second kappa shape index (κ2) is 7.53. The molecule has 1 aromatic rings. The highest BCUT2D eigenvalue weighted by molar-refractivity contribution is 7.08. The first-order valence-electron chi connectivity index (χ1n) is 8.49. The number of likely N-dealkylation sites (tertiary alicyclic amines) is 1. The van der Waals surface area contributed by atoms with Crippen LogP contribution in [0.15, 0.2) is 16.8 Å². The minimum Gasteiger partial charge on any atom is -0.381 e. The van der Waals surface area contributed by atoms with Crippen molar-refractivity contribution >= 4 is 23.3 Å². The van der Waals surface area contributed by atoms with Gasteiger partial charge in [0.2, 0.25) is 0 Å². The zero-order valence-corrected chi connectivity index (χ0v) is 14.9. The lowest BCUT2D eigenvalue weighted by Gasteiger charge is -2.33. The molecule has 2 aliphatic rings. The van der Waals surface area contributed by atoms with Crippen LogP contribution in [0.2, 0.25) is 0 Å². The van der Waals surface area contributed by atoms with E-state index in [4.69, 9.17) is 4.74 Å². The topological polar surface area (TPSA) is 70.7 Å². The molecule has 7 heteroatoms. The number of nitrogens with one attached hydrogen (secondary N) is 2. The Bertz CT molecular complexity index is 562. The van der Waals surface area contributed by atoms with Gasteiger partial charge >= 0.3 is 6.03 Å². The molecular weight excluding hydrogens is 326 g/mol. The molecule has 2 aliphatic heterocycles. The van der Waals surface area contributed by atoms with Crippen LogP contribution < -0.4 is 10.6 Å². The molecule has 3 rings (SSSR count). The second-order valence-electron chi connectivity index (χ2n) is 7.02. The van der Waals surface area contributed by atoms with Gasteiger partial charge in [0, 0.05) is 48.6 Å². The first-order valence-corrected chi connectivity index (χ1v) is 9.44. The zero-order valence-electron chi connectivity index (χ0n) is 14.0. The van der Waals surface area contributed by atoms with E-state index in [0.29, 0.717) is 31.8 Å². The van der Waals surface area contributed by atoms with Crippen LogP contribution in [0, 0.1) is 5.41 Å². The van der Waals surface area contributed by atoms with Crippen molar-refractivity contribution in [3.8, 4) is 0 Å². The predicted octanol–water partition coefficient (Wildman–Crippen LogP) is 2.08. The van der Waals surface area contributed by atoms with E-state index in [0.717, 1.165) is 25.9 Å². The molecule has 3 heterocycles. The highest BCUT2D eigenvalue weighted by Crippen LogP contribution is 2.26. The molecule has 2 N–H and O–H groups in total. The van der Waals surface area contributed by atoms with Crippen molar-refractivity contribution in [3.05, 3.63) is 22.4 Å². The predicted molar refractivity (Wildman–Crippen MR) is 93.3 cm³/mol. The summed E-state index contributed by atoms with van der Waals surface area (Å²) in [6, 6.07) is 1.96. The zero-order chi connectivity index (χ0) is 17.0. The molecule has 24 heavy (non-hydrogen) atoms. The van der Waals surface area contributed by atoms with Crippen LogP contribution in [-0.4, -0.2) is 55.7 Å². The van der Waals surface area contributed by atoms with Gasteiger partial charge in [0.25, 0.3) is 5.91 Å². The standard InChI is InChI=1S/C17H25N3O3S/c1-17(5-8-23-12-17)11-18-16(22)20-6-2-14(3-7-20)19-15(21)13-4-9-24-10-13/h4,9-10,14H,2-3,5-8,11-12H2,1H3,(H,18,22)(H,19,21). The molecule has 0 bridgehead atoms. The van der Waals surface area contributed by atoms with E-state index >= 15 is 0 Å². The number of urea groups is 1. The maximum absolute atomic E-state index is 12.3. The van der Waals surface area contributed by atoms with Crippen molar-refractivity contribution < 1.29 is 14.3 Å². The summed E-state index contributed by atoms with van der Waals surface area (Å²) in [7, 11) is 0. The van der Waals surface area contributed by atoms with Crippen molar-refractivity contribution in [2.45, 2.75) is 32.2 Å². The molecule has 0 aliphatic carbocycles. The molecule has 0 radical (unpaired) electrons. The van der Waals surface area contributed by atoms with Crippen LogP contribution in [0.1, 0.15) is 36.5 Å². The maximum Gasteiger partial charge on any atom is 0.317 e. The van der Waals surface area contributed by atoms with Gasteiger partial charge in [0.1, 0.15) is 0 Å². The molecule has 0 spiro atoms. The average Bonchev–Trinajstić information content (AvgIpc) is 3.25.